The molecule has 1 aliphatic heterocycles. The Morgan fingerprint density at radius 1 is 1.13 bits per heavy atom. The number of allylic oxidation sites excluding steroid dienone is 1. The number of benzene rings is 2. The number of hydrogen-bond acceptors (Lipinski definition) is 4. The molecule has 0 saturated heterocycles. The van der Waals surface area contributed by atoms with E-state index in [-0.39, 0.29) is 5.75 Å². The van der Waals surface area contributed by atoms with Gasteiger partial charge in [0.2, 0.25) is 5.90 Å². The van der Waals surface area contributed by atoms with Gasteiger partial charge in [-0.3, -0.25) is 0 Å². The van der Waals surface area contributed by atoms with Crippen LogP contribution in [0.15, 0.2) is 53.2 Å². The maximum Gasteiger partial charge on any atom is 0.364 e. The third-order valence-electron chi connectivity index (χ3n) is 3.42. The van der Waals surface area contributed by atoms with E-state index in [0.717, 1.165) is 23.8 Å². The lowest BCUT2D eigenvalue weighted by molar-refractivity contribution is -0.129. The largest absolute Gasteiger partial charge is 0.506 e. The summed E-state index contributed by atoms with van der Waals surface area (Å²) in [6.07, 6.45) is 0. The number of ether oxygens (including phenoxy) is 1. The van der Waals surface area contributed by atoms with Crippen molar-refractivity contribution in [2.45, 2.75) is 6.92 Å². The van der Waals surface area contributed by atoms with Crippen LogP contribution in [-0.4, -0.2) is 17.0 Å². The number of nitrogens with zero attached hydrogens (tertiary/aromatic N) is 1. The second-order valence-corrected chi connectivity index (χ2v) is 7.26. The van der Waals surface area contributed by atoms with Gasteiger partial charge in [-0.1, -0.05) is 18.2 Å². The highest BCUT2D eigenvalue weighted by Gasteiger charge is 2.26. The van der Waals surface area contributed by atoms with E-state index in [1.165, 1.54) is 0 Å². The highest BCUT2D eigenvalue weighted by Crippen LogP contribution is 2.32. The number of halogens is 2. The fourth-order valence-electron chi connectivity index (χ4n) is 2.17. The van der Waals surface area contributed by atoms with Gasteiger partial charge in [0.25, 0.3) is 0 Å². The molecule has 0 amide bonds. The number of hydrogen-bond donors (Lipinski definition) is 1. The van der Waals surface area contributed by atoms with E-state index < -0.39 is 5.97 Å². The minimum Gasteiger partial charge on any atom is -0.506 e. The molecule has 0 radical (unpaired) electrons. The van der Waals surface area contributed by atoms with Gasteiger partial charge in [-0.05, 0) is 87.5 Å². The summed E-state index contributed by atoms with van der Waals surface area (Å²) >= 11 is 4.12. The Morgan fingerprint density at radius 2 is 1.74 bits per heavy atom. The zero-order valence-corrected chi connectivity index (χ0v) is 16.3. The molecule has 2 aromatic carbocycles. The molecule has 4 nitrogen and oxygen atoms in total. The topological polar surface area (TPSA) is 58.9 Å². The summed E-state index contributed by atoms with van der Waals surface area (Å²) in [4.78, 5) is 16.5. The van der Waals surface area contributed by atoms with Gasteiger partial charge in [-0.15, -0.1) is 0 Å². The predicted octanol–water partition coefficient (Wildman–Crippen LogP) is 4.34. The van der Waals surface area contributed by atoms with Gasteiger partial charge < -0.3 is 9.84 Å². The van der Waals surface area contributed by atoms with Crippen molar-refractivity contribution in [3.8, 4) is 5.75 Å². The zero-order chi connectivity index (χ0) is 16.6. The van der Waals surface area contributed by atoms with Crippen LogP contribution in [0.1, 0.15) is 18.1 Å². The molecule has 1 N–H and O–H groups in total. The lowest BCUT2D eigenvalue weighted by atomic mass is 10.1. The van der Waals surface area contributed by atoms with Crippen molar-refractivity contribution in [3.63, 3.8) is 0 Å². The molecule has 0 atom stereocenters. The zero-order valence-electron chi connectivity index (χ0n) is 12.0. The average Bonchev–Trinajstić information content (AvgIpc) is 2.94. The van der Waals surface area contributed by atoms with E-state index in [1.54, 1.807) is 0 Å². The van der Waals surface area contributed by atoms with Crippen LogP contribution >= 0.6 is 45.2 Å². The number of carbonyl (C=O) groups excluding carboxylic acids is 1. The third kappa shape index (κ3) is 3.27. The molecule has 0 aromatic heterocycles. The summed E-state index contributed by atoms with van der Waals surface area (Å²) in [5, 5.41) is 9.87. The van der Waals surface area contributed by atoms with E-state index >= 15 is 0 Å². The first-order valence-corrected chi connectivity index (χ1v) is 8.88. The van der Waals surface area contributed by atoms with Gasteiger partial charge in [-0.25, -0.2) is 9.79 Å². The van der Waals surface area contributed by atoms with Crippen LogP contribution in [0.4, 0.5) is 0 Å². The van der Waals surface area contributed by atoms with Gasteiger partial charge in [0.05, 0.1) is 7.14 Å². The summed E-state index contributed by atoms with van der Waals surface area (Å²) in [7, 11) is 0. The summed E-state index contributed by atoms with van der Waals surface area (Å²) in [5.41, 5.74) is 2.61. The Hall–Kier alpha value is -1.42. The number of esters is 1. The number of phenols is 1. The van der Waals surface area contributed by atoms with Crippen molar-refractivity contribution < 1.29 is 14.6 Å². The van der Waals surface area contributed by atoms with Gasteiger partial charge in [0.1, 0.15) is 5.75 Å². The maximum atomic E-state index is 12.2. The Balaban J connectivity index is 2.07. The fourth-order valence-corrected chi connectivity index (χ4v) is 3.93. The molecule has 1 aliphatic rings. The smallest absolute Gasteiger partial charge is 0.364 e. The van der Waals surface area contributed by atoms with Gasteiger partial charge >= 0.3 is 5.97 Å². The standard InChI is InChI=1S/C17H11I2NO3/c1-9(11-7-12(18)15(21)13(19)8-11)14-17(22)23-16(20-14)10-5-3-2-4-6-10/h2-8,21H,1H3/b14-9-. The van der Waals surface area contributed by atoms with Crippen LogP contribution in [0.25, 0.3) is 5.57 Å². The molecule has 0 fully saturated rings. The number of carbonyl (C=O) groups is 1. The average molecular weight is 531 g/mol. The molecular formula is C17H11I2NO3. The molecule has 6 heteroatoms. The maximum absolute atomic E-state index is 12.2. The van der Waals surface area contributed by atoms with E-state index in [9.17, 15) is 9.90 Å². The molecule has 23 heavy (non-hydrogen) atoms. The highest BCUT2D eigenvalue weighted by atomic mass is 127. The summed E-state index contributed by atoms with van der Waals surface area (Å²) in [6, 6.07) is 13.0. The van der Waals surface area contributed by atoms with E-state index in [2.05, 4.69) is 50.2 Å². The molecule has 1 heterocycles. The van der Waals surface area contributed by atoms with Gasteiger partial charge in [-0.2, -0.15) is 0 Å². The van der Waals surface area contributed by atoms with Crippen molar-refractivity contribution in [2.24, 2.45) is 4.99 Å². The summed E-state index contributed by atoms with van der Waals surface area (Å²) in [5.74, 6) is 0.0998. The van der Waals surface area contributed by atoms with Crippen LogP contribution in [-0.2, 0) is 9.53 Å². The number of cyclic esters (lactones) is 1. The van der Waals surface area contributed by atoms with E-state index in [0.29, 0.717) is 11.6 Å². The molecule has 2 aromatic rings. The summed E-state index contributed by atoms with van der Waals surface area (Å²) < 4.78 is 6.74. The first-order valence-electron chi connectivity index (χ1n) is 6.73. The van der Waals surface area contributed by atoms with Crippen LogP contribution in [0, 0.1) is 7.14 Å². The molecule has 3 rings (SSSR count). The molecule has 0 saturated carbocycles. The number of rotatable bonds is 2. The van der Waals surface area contributed by atoms with Gasteiger partial charge in [0, 0.05) is 5.56 Å². The fraction of sp³-hybridized carbons (Fsp3) is 0.0588. The molecular weight excluding hydrogens is 520 g/mol. The van der Waals surface area contributed by atoms with Crippen molar-refractivity contribution in [2.75, 3.05) is 0 Å². The Labute approximate surface area is 160 Å². The number of aliphatic imine (C=N–C) groups is 1. The Morgan fingerprint density at radius 3 is 2.35 bits per heavy atom. The Kier molecular flexibility index (Phi) is 4.72. The molecule has 0 spiro atoms. The normalized spacial score (nSPS) is 16.1. The van der Waals surface area contributed by atoms with Crippen LogP contribution < -0.4 is 0 Å². The van der Waals surface area contributed by atoms with Crippen molar-refractivity contribution >= 4 is 62.6 Å². The monoisotopic (exact) mass is 531 g/mol. The molecule has 0 aliphatic carbocycles. The lowest BCUT2D eigenvalue weighted by Crippen LogP contribution is -2.05. The van der Waals surface area contributed by atoms with Crippen molar-refractivity contribution in [1.29, 1.82) is 0 Å². The Bertz CT molecular complexity index is 834. The first-order chi connectivity index (χ1) is 11.0. The third-order valence-corrected chi connectivity index (χ3v) is 5.07. The summed E-state index contributed by atoms with van der Waals surface area (Å²) in [6.45, 7) is 1.83. The minimum atomic E-state index is -0.459. The van der Waals surface area contributed by atoms with Crippen molar-refractivity contribution in [3.05, 3.63) is 66.4 Å². The first kappa shape index (κ1) is 16.4. The number of aromatic hydroxyl groups is 1. The van der Waals surface area contributed by atoms with Crippen LogP contribution in [0.3, 0.4) is 0 Å². The van der Waals surface area contributed by atoms with E-state index in [1.807, 2.05) is 49.4 Å². The number of phenolic OH excluding ortho intramolecular Hbond substituents is 1. The second-order valence-electron chi connectivity index (χ2n) is 4.93. The quantitative estimate of drug-likeness (QED) is 0.357. The minimum absolute atomic E-state index is 0.246. The van der Waals surface area contributed by atoms with E-state index in [4.69, 9.17) is 4.74 Å². The molecule has 116 valence electrons. The molecule has 0 unspecified atom stereocenters. The van der Waals surface area contributed by atoms with Gasteiger partial charge in [0.15, 0.2) is 5.70 Å². The highest BCUT2D eigenvalue weighted by molar-refractivity contribution is 14.1. The van der Waals surface area contributed by atoms with Crippen LogP contribution in [0.5, 0.6) is 5.75 Å². The second kappa shape index (κ2) is 6.60. The predicted molar refractivity (Wildman–Crippen MR) is 105 cm³/mol. The van der Waals surface area contributed by atoms with Crippen LogP contribution in [0.2, 0.25) is 0 Å². The van der Waals surface area contributed by atoms with Crippen molar-refractivity contribution in [1.82, 2.24) is 0 Å². The lowest BCUT2D eigenvalue weighted by Gasteiger charge is -2.07. The molecule has 0 bridgehead atoms. The SMILES string of the molecule is C/C(=C1/N=C(c2ccccc2)OC1=O)c1cc(I)c(O)c(I)c1.